The molecule has 30 nitrogen and oxygen atoms in total. The van der Waals surface area contributed by atoms with Gasteiger partial charge in [0.05, 0.1) is 12.5 Å². The van der Waals surface area contributed by atoms with E-state index < -0.39 is 114 Å². The highest BCUT2D eigenvalue weighted by Gasteiger charge is 2.31. The number of carboxylic acids is 10. The van der Waals surface area contributed by atoms with Crippen LogP contribution in [-0.2, 0) is 81.0 Å². The molecule has 2 aromatic carbocycles. The Morgan fingerprint density at radius 1 is 0.533 bits per heavy atom. The molecule has 10 N–H and O–H groups in total. The molecule has 0 aliphatic carbocycles. The zero-order valence-corrected chi connectivity index (χ0v) is 52.2. The molecule has 1 aromatic heterocycles. The van der Waals surface area contributed by atoms with Crippen LogP contribution in [0.4, 0.5) is 4.39 Å². The first-order chi connectivity index (χ1) is 41.9. The third kappa shape index (κ3) is 44.8. The van der Waals surface area contributed by atoms with E-state index in [9.17, 15) is 52.3 Å². The minimum absolute atomic E-state index is 0.0231. The number of para-hydroxylation sites is 1. The molecule has 2 saturated heterocycles. The molecule has 0 bridgehead atoms. The number of allylic oxidation sites excluding steroid dienone is 1. The van der Waals surface area contributed by atoms with Gasteiger partial charge in [-0.15, -0.1) is 0 Å². The van der Waals surface area contributed by atoms with Crippen LogP contribution in [0.15, 0.2) is 95.8 Å². The topological polar surface area (TPSA) is 469 Å². The predicted octanol–water partition coefficient (Wildman–Crippen LogP) is 7.38. The van der Waals surface area contributed by atoms with Gasteiger partial charge in [-0.3, -0.25) is 0 Å². The number of ether oxygens (including phenoxy) is 9. The number of methoxy groups -OCH3 is 5. The van der Waals surface area contributed by atoms with Crippen molar-refractivity contribution in [1.29, 1.82) is 0 Å². The van der Waals surface area contributed by atoms with E-state index in [0.717, 1.165) is 32.8 Å². The van der Waals surface area contributed by atoms with E-state index in [2.05, 4.69) is 18.6 Å². The lowest BCUT2D eigenvalue weighted by atomic mass is 9.89. The number of alkyl halides is 1. The van der Waals surface area contributed by atoms with Crippen molar-refractivity contribution >= 4 is 59.7 Å². The summed E-state index contributed by atoms with van der Waals surface area (Å²) in [5.41, 5.74) is -0.715. The average molecular weight is 1300 g/mol. The summed E-state index contributed by atoms with van der Waals surface area (Å²) in [4.78, 5) is 101. The molecule has 510 valence electrons. The van der Waals surface area contributed by atoms with Gasteiger partial charge in [-0.25, -0.2) is 52.3 Å². The fraction of sp³-hybridized carbons (Fsp3) is 0.525. The standard InChI is InChI=1S/2C9H10O3.C7H14O3.C6H10O3.C6H8O3.C5H8O3.C5H4O3.C5H10O3.C4H8O3.C3H5FO3/c1-12-8(9(10)11)7-5-3-2-4-6-7;1-7(9(10)11)12-8-5-3-2-4-6-8;1-7(2,3)5(10-4)6(8)9;2*7-6(8)5-3-1-2-4-9-5;2*6-5(7)4-2-1-3-8-4;1-5(2,8-3)4(6)7;1-3(7-2)4(5)6;1-7-2(4)3(5)6/h2-6,8H,1H3,(H,10,11);2-7H,1H3,(H,10,11);5H,1-4H3,(H,8,9);5H,1-4H2,(H,7,8);2,4-5H,1,3H2,(H,7,8);4H,1-3H2,(H,6,7);1-3H,(H,6,7);1-3H3,(H,6,7);3H,1-2H3,(H,5,6);2H,1H3,(H,5,6). The van der Waals surface area contributed by atoms with Crippen LogP contribution in [-0.4, -0.2) is 208 Å². The Kier molecular flexibility index (Phi) is 49.1. The lowest BCUT2D eigenvalue weighted by Gasteiger charge is -2.24. The third-order valence-electron chi connectivity index (χ3n) is 10.9. The van der Waals surface area contributed by atoms with Gasteiger partial charge in [0.1, 0.15) is 5.75 Å². The molecule has 8 atom stereocenters. The van der Waals surface area contributed by atoms with Crippen molar-refractivity contribution in [3.05, 3.63) is 103 Å². The molecular formula is C59H87FO30. The number of hydrogen-bond donors (Lipinski definition) is 10. The highest BCUT2D eigenvalue weighted by Crippen LogP contribution is 2.22. The van der Waals surface area contributed by atoms with Crippen LogP contribution in [0, 0.1) is 5.41 Å². The number of benzene rings is 2. The van der Waals surface area contributed by atoms with E-state index in [0.29, 0.717) is 43.8 Å². The first-order valence-corrected chi connectivity index (χ1v) is 26.9. The number of aliphatic carboxylic acids is 9. The quantitative estimate of drug-likeness (QED) is 0.0593. The number of carbonyl (C=O) groups is 10. The Labute approximate surface area is 519 Å². The molecule has 2 fully saturated rings. The van der Waals surface area contributed by atoms with Crippen molar-refractivity contribution in [2.75, 3.05) is 48.8 Å². The summed E-state index contributed by atoms with van der Waals surface area (Å²) in [7, 11) is 6.50. The second-order valence-corrected chi connectivity index (χ2v) is 19.4. The van der Waals surface area contributed by atoms with E-state index >= 15 is 0 Å². The summed E-state index contributed by atoms with van der Waals surface area (Å²) in [6.07, 6.45) is 3.31. The predicted molar refractivity (Wildman–Crippen MR) is 313 cm³/mol. The van der Waals surface area contributed by atoms with Gasteiger partial charge >= 0.3 is 59.7 Å². The minimum atomic E-state index is -2.18. The van der Waals surface area contributed by atoms with Gasteiger partial charge in [0.2, 0.25) is 5.76 Å². The molecule has 3 aliphatic heterocycles. The lowest BCUT2D eigenvalue weighted by molar-refractivity contribution is -0.159. The van der Waals surface area contributed by atoms with E-state index in [-0.39, 0.29) is 11.2 Å². The van der Waals surface area contributed by atoms with Gasteiger partial charge in [-0.2, -0.15) is 0 Å². The number of hydrogen-bond acceptors (Lipinski definition) is 20. The van der Waals surface area contributed by atoms with Crippen LogP contribution in [0.1, 0.15) is 116 Å². The molecule has 0 radical (unpaired) electrons. The molecule has 3 aliphatic rings. The van der Waals surface area contributed by atoms with Crippen LogP contribution in [0.5, 0.6) is 5.75 Å². The zero-order chi connectivity index (χ0) is 70.2. The maximum atomic E-state index is 11.4. The van der Waals surface area contributed by atoms with Crippen LogP contribution in [0.2, 0.25) is 0 Å². The second-order valence-electron chi connectivity index (χ2n) is 19.4. The van der Waals surface area contributed by atoms with Gasteiger partial charge in [-0.1, -0.05) is 69.3 Å². The normalized spacial score (nSPS) is 16.6. The number of rotatable bonds is 18. The maximum Gasteiger partial charge on any atom is 0.371 e. The van der Waals surface area contributed by atoms with Crippen molar-refractivity contribution in [3.63, 3.8) is 0 Å². The van der Waals surface area contributed by atoms with Crippen LogP contribution < -0.4 is 4.74 Å². The second kappa shape index (κ2) is 50.3. The Morgan fingerprint density at radius 3 is 1.24 bits per heavy atom. The van der Waals surface area contributed by atoms with Gasteiger partial charge in [-0.05, 0) is 114 Å². The molecule has 0 amide bonds. The molecule has 3 aromatic rings. The van der Waals surface area contributed by atoms with Crippen LogP contribution in [0.3, 0.4) is 0 Å². The first-order valence-electron chi connectivity index (χ1n) is 26.9. The first kappa shape index (κ1) is 87.8. The van der Waals surface area contributed by atoms with Crippen molar-refractivity contribution in [2.45, 2.75) is 148 Å². The van der Waals surface area contributed by atoms with Crippen molar-refractivity contribution in [3.8, 4) is 5.75 Å². The van der Waals surface area contributed by atoms with Crippen LogP contribution >= 0.6 is 0 Å². The number of aromatic carboxylic acids is 1. The van der Waals surface area contributed by atoms with Crippen LogP contribution in [0.25, 0.3) is 0 Å². The monoisotopic (exact) mass is 1290 g/mol. The van der Waals surface area contributed by atoms with Crippen molar-refractivity contribution in [1.82, 2.24) is 0 Å². The van der Waals surface area contributed by atoms with E-state index in [1.54, 1.807) is 48.5 Å². The number of furan rings is 1. The number of carboxylic acid groups (broad SMARTS) is 10. The van der Waals surface area contributed by atoms with Gasteiger partial charge in [0.25, 0.3) is 6.36 Å². The fourth-order valence-electron chi connectivity index (χ4n) is 5.70. The molecule has 90 heavy (non-hydrogen) atoms. The Hall–Kier alpha value is -8.59. The van der Waals surface area contributed by atoms with Gasteiger partial charge in [0, 0.05) is 48.8 Å². The summed E-state index contributed by atoms with van der Waals surface area (Å²) in [5.74, 6) is -9.31. The average Bonchev–Trinajstić information content (AvgIpc) is 3.47. The molecule has 4 heterocycles. The molecule has 0 spiro atoms. The maximum absolute atomic E-state index is 11.4. The Morgan fingerprint density at radius 2 is 1.02 bits per heavy atom. The van der Waals surface area contributed by atoms with E-state index in [4.69, 9.17) is 79.5 Å². The Bertz CT molecular complexity index is 2480. The van der Waals surface area contributed by atoms with Crippen molar-refractivity contribution < 1.29 is 150 Å². The summed E-state index contributed by atoms with van der Waals surface area (Å²) >= 11 is 0. The largest absolute Gasteiger partial charge is 0.487 e. The minimum Gasteiger partial charge on any atom is -0.487 e. The van der Waals surface area contributed by atoms with E-state index in [1.165, 1.54) is 80.8 Å². The summed E-state index contributed by atoms with van der Waals surface area (Å²) < 4.78 is 57.9. The Balaban J connectivity index is -0.000000459. The summed E-state index contributed by atoms with van der Waals surface area (Å²) in [6, 6.07) is 20.6. The lowest BCUT2D eigenvalue weighted by Crippen LogP contribution is -2.35. The molecule has 31 heteroatoms. The molecule has 8 unspecified atom stereocenters. The SMILES string of the molecule is CC(Oc1ccccc1)C(=O)O.COC(C(=O)O)C(C)(C)C.COC(C(=O)O)c1ccccc1.COC(C)(C)C(=O)O.COC(C)C(=O)O.COC(F)C(=O)O.O=C(O)C1CCC=CO1.O=C(O)C1CCCCO1.O=C(O)C1CCCO1.O=C(O)c1ccco1. The molecule has 6 rings (SSSR count). The van der Waals surface area contributed by atoms with E-state index in [1.807, 2.05) is 39.0 Å². The number of halogens is 1. The summed E-state index contributed by atoms with van der Waals surface area (Å²) in [6.45, 7) is 12.7. The summed E-state index contributed by atoms with van der Waals surface area (Å²) in [5, 5.41) is 83.1. The van der Waals surface area contributed by atoms with Gasteiger partial charge in [0.15, 0.2) is 48.3 Å². The molecule has 0 saturated carbocycles. The smallest absolute Gasteiger partial charge is 0.371 e. The highest BCUT2D eigenvalue weighted by atomic mass is 19.1. The third-order valence-corrected chi connectivity index (χ3v) is 10.9. The zero-order valence-electron chi connectivity index (χ0n) is 52.2. The highest BCUT2D eigenvalue weighted by molar-refractivity contribution is 5.84. The van der Waals surface area contributed by atoms with Gasteiger partial charge < -0.3 is 98.1 Å². The van der Waals surface area contributed by atoms with Crippen molar-refractivity contribution in [2.24, 2.45) is 5.41 Å². The fourth-order valence-corrected chi connectivity index (χ4v) is 5.70. The molecular weight excluding hydrogens is 1210 g/mol.